The van der Waals surface area contributed by atoms with Gasteiger partial charge < -0.3 is 5.73 Å². The molecule has 0 aliphatic heterocycles. The summed E-state index contributed by atoms with van der Waals surface area (Å²) in [5.41, 5.74) is 9.92. The highest BCUT2D eigenvalue weighted by molar-refractivity contribution is 7.17. The molecule has 0 spiro atoms. The van der Waals surface area contributed by atoms with Crippen LogP contribution in [-0.4, -0.2) is 15.8 Å². The van der Waals surface area contributed by atoms with E-state index in [9.17, 15) is 4.79 Å². The van der Waals surface area contributed by atoms with Crippen molar-refractivity contribution in [2.45, 2.75) is 6.42 Å². The Hall–Kier alpha value is -3.57. The Balaban J connectivity index is 1.57. The molecule has 0 saturated heterocycles. The van der Waals surface area contributed by atoms with Gasteiger partial charge in [0.25, 0.3) is 0 Å². The molecule has 0 bridgehead atoms. The van der Waals surface area contributed by atoms with Gasteiger partial charge in [-0.2, -0.15) is 0 Å². The maximum absolute atomic E-state index is 12.9. The van der Waals surface area contributed by atoms with Crippen molar-refractivity contribution in [2.24, 2.45) is 0 Å². The van der Waals surface area contributed by atoms with Gasteiger partial charge in [0.15, 0.2) is 5.78 Å². The highest BCUT2D eigenvalue weighted by Crippen LogP contribution is 2.37. The molecular weight excluding hydrogens is 378 g/mol. The van der Waals surface area contributed by atoms with E-state index < -0.39 is 0 Å². The minimum atomic E-state index is 0.119. The van der Waals surface area contributed by atoms with Crippen LogP contribution in [-0.2, 0) is 6.42 Å². The SMILES string of the molecule is Nc1ncnc2scc(-c3ccc4c(C(=O)Cc5ccccc5)cccc4c3)c12. The van der Waals surface area contributed by atoms with Gasteiger partial charge in [-0.1, -0.05) is 60.7 Å². The number of ketones is 1. The molecule has 0 radical (unpaired) electrons. The first-order valence-electron chi connectivity index (χ1n) is 9.28. The van der Waals surface area contributed by atoms with Crippen LogP contribution < -0.4 is 5.73 Å². The molecular formula is C24H17N3OS. The lowest BCUT2D eigenvalue weighted by atomic mass is 9.95. The average molecular weight is 395 g/mol. The quantitative estimate of drug-likeness (QED) is 0.407. The van der Waals surface area contributed by atoms with E-state index in [1.807, 2.05) is 60.7 Å². The van der Waals surface area contributed by atoms with Crippen LogP contribution in [0.25, 0.3) is 32.1 Å². The lowest BCUT2D eigenvalue weighted by Crippen LogP contribution is -2.04. The van der Waals surface area contributed by atoms with Crippen molar-refractivity contribution in [3.8, 4) is 11.1 Å². The number of carbonyl (C=O) groups excluding carboxylic acids is 1. The maximum Gasteiger partial charge on any atom is 0.167 e. The van der Waals surface area contributed by atoms with Gasteiger partial charge in [0, 0.05) is 22.9 Å². The number of carbonyl (C=O) groups is 1. The van der Waals surface area contributed by atoms with Crippen LogP contribution in [0, 0.1) is 0 Å². The largest absolute Gasteiger partial charge is 0.383 e. The van der Waals surface area contributed by atoms with Crippen LogP contribution in [0.4, 0.5) is 5.82 Å². The van der Waals surface area contributed by atoms with Gasteiger partial charge >= 0.3 is 0 Å². The van der Waals surface area contributed by atoms with Gasteiger partial charge in [-0.05, 0) is 28.0 Å². The number of Topliss-reactive ketones (excluding diaryl/α,β-unsaturated/α-hetero) is 1. The molecule has 3 aromatic carbocycles. The third-order valence-electron chi connectivity index (χ3n) is 5.10. The minimum absolute atomic E-state index is 0.119. The molecule has 0 atom stereocenters. The fourth-order valence-electron chi connectivity index (χ4n) is 3.68. The molecule has 2 heterocycles. The number of nitrogens with zero attached hydrogens (tertiary/aromatic N) is 2. The molecule has 2 aromatic heterocycles. The first kappa shape index (κ1) is 17.5. The monoisotopic (exact) mass is 395 g/mol. The maximum atomic E-state index is 12.9. The molecule has 0 saturated carbocycles. The Kier molecular flexibility index (Phi) is 4.30. The van der Waals surface area contributed by atoms with Gasteiger partial charge in [0.2, 0.25) is 0 Å². The highest BCUT2D eigenvalue weighted by Gasteiger charge is 2.14. The third-order valence-corrected chi connectivity index (χ3v) is 5.99. The second-order valence-corrected chi connectivity index (χ2v) is 7.77. The summed E-state index contributed by atoms with van der Waals surface area (Å²) < 4.78 is 0. The average Bonchev–Trinajstić information content (AvgIpc) is 3.19. The van der Waals surface area contributed by atoms with Gasteiger partial charge in [-0.3, -0.25) is 4.79 Å². The van der Waals surface area contributed by atoms with Crippen LogP contribution in [0.15, 0.2) is 78.4 Å². The van der Waals surface area contributed by atoms with Crippen molar-refractivity contribution in [2.75, 3.05) is 5.73 Å². The zero-order valence-electron chi connectivity index (χ0n) is 15.5. The van der Waals surface area contributed by atoms with Crippen molar-refractivity contribution >= 4 is 43.9 Å². The van der Waals surface area contributed by atoms with E-state index in [1.165, 1.54) is 6.33 Å². The zero-order chi connectivity index (χ0) is 19.8. The number of hydrogen-bond acceptors (Lipinski definition) is 5. The zero-order valence-corrected chi connectivity index (χ0v) is 16.3. The molecule has 5 rings (SSSR count). The van der Waals surface area contributed by atoms with E-state index in [0.29, 0.717) is 12.2 Å². The molecule has 0 aliphatic rings. The summed E-state index contributed by atoms with van der Waals surface area (Å²) in [6, 6.07) is 21.9. The normalized spacial score (nSPS) is 11.2. The predicted octanol–water partition coefficient (Wildman–Crippen LogP) is 5.52. The van der Waals surface area contributed by atoms with Crippen LogP contribution in [0.1, 0.15) is 15.9 Å². The van der Waals surface area contributed by atoms with Gasteiger partial charge in [-0.25, -0.2) is 9.97 Å². The Labute approximate surface area is 171 Å². The number of aromatic nitrogens is 2. The number of nitrogen functional groups attached to an aromatic ring is 1. The number of benzene rings is 3. The van der Waals surface area contributed by atoms with Crippen molar-refractivity contribution < 1.29 is 4.79 Å². The number of fused-ring (bicyclic) bond motifs is 2. The van der Waals surface area contributed by atoms with E-state index in [0.717, 1.165) is 43.2 Å². The first-order valence-corrected chi connectivity index (χ1v) is 10.2. The van der Waals surface area contributed by atoms with Crippen LogP contribution in [0.3, 0.4) is 0 Å². The molecule has 0 amide bonds. The van der Waals surface area contributed by atoms with Gasteiger partial charge in [0.05, 0.1) is 5.39 Å². The van der Waals surface area contributed by atoms with E-state index in [2.05, 4.69) is 21.4 Å². The Morgan fingerprint density at radius 3 is 2.69 bits per heavy atom. The third kappa shape index (κ3) is 3.15. The fourth-order valence-corrected chi connectivity index (χ4v) is 4.61. The number of thiophene rings is 1. The number of anilines is 1. The van der Waals surface area contributed by atoms with Crippen molar-refractivity contribution in [3.05, 3.63) is 89.6 Å². The Bertz CT molecular complexity index is 1360. The number of rotatable bonds is 4. The fraction of sp³-hybridized carbons (Fsp3) is 0.0417. The molecule has 29 heavy (non-hydrogen) atoms. The lowest BCUT2D eigenvalue weighted by molar-refractivity contribution is 0.0994. The van der Waals surface area contributed by atoms with E-state index >= 15 is 0 Å². The summed E-state index contributed by atoms with van der Waals surface area (Å²) in [4.78, 5) is 22.2. The lowest BCUT2D eigenvalue weighted by Gasteiger charge is -2.09. The molecule has 0 fully saturated rings. The van der Waals surface area contributed by atoms with E-state index in [-0.39, 0.29) is 5.78 Å². The van der Waals surface area contributed by atoms with Gasteiger partial charge in [0.1, 0.15) is 17.0 Å². The second-order valence-electron chi connectivity index (χ2n) is 6.92. The number of hydrogen-bond donors (Lipinski definition) is 1. The summed E-state index contributed by atoms with van der Waals surface area (Å²) in [5, 5.41) is 4.92. The van der Waals surface area contributed by atoms with Crippen LogP contribution in [0.5, 0.6) is 0 Å². The molecule has 0 unspecified atom stereocenters. The van der Waals surface area contributed by atoms with Crippen molar-refractivity contribution in [1.29, 1.82) is 0 Å². The first-order chi connectivity index (χ1) is 14.2. The molecule has 4 nitrogen and oxygen atoms in total. The molecule has 140 valence electrons. The molecule has 0 aliphatic carbocycles. The highest BCUT2D eigenvalue weighted by atomic mass is 32.1. The second kappa shape index (κ2) is 7.11. The van der Waals surface area contributed by atoms with Crippen molar-refractivity contribution in [3.63, 3.8) is 0 Å². The summed E-state index contributed by atoms with van der Waals surface area (Å²) in [6.07, 6.45) is 1.88. The van der Waals surface area contributed by atoms with E-state index in [1.54, 1.807) is 11.3 Å². The molecule has 2 N–H and O–H groups in total. The summed E-state index contributed by atoms with van der Waals surface area (Å²) in [5.74, 6) is 0.603. The summed E-state index contributed by atoms with van der Waals surface area (Å²) in [7, 11) is 0. The Morgan fingerprint density at radius 1 is 0.966 bits per heavy atom. The van der Waals surface area contributed by atoms with E-state index in [4.69, 9.17) is 5.73 Å². The molecule has 5 aromatic rings. The summed E-state index contributed by atoms with van der Waals surface area (Å²) >= 11 is 1.55. The van der Waals surface area contributed by atoms with Crippen LogP contribution in [0.2, 0.25) is 0 Å². The number of nitrogens with two attached hydrogens (primary N) is 1. The topological polar surface area (TPSA) is 68.9 Å². The summed E-state index contributed by atoms with van der Waals surface area (Å²) in [6.45, 7) is 0. The predicted molar refractivity (Wildman–Crippen MR) is 119 cm³/mol. The van der Waals surface area contributed by atoms with Gasteiger partial charge in [-0.15, -0.1) is 11.3 Å². The smallest absolute Gasteiger partial charge is 0.167 e. The Morgan fingerprint density at radius 2 is 1.83 bits per heavy atom. The van der Waals surface area contributed by atoms with Crippen molar-refractivity contribution in [1.82, 2.24) is 9.97 Å². The van der Waals surface area contributed by atoms with Crippen LogP contribution >= 0.6 is 11.3 Å². The molecule has 5 heteroatoms. The minimum Gasteiger partial charge on any atom is -0.383 e. The standard InChI is InChI=1S/C24H17N3OS/c25-23-22-20(13-29-24(22)27-14-26-23)17-9-10-18-16(12-17)7-4-8-19(18)21(28)11-15-5-2-1-3-6-15/h1-10,12-14H,11H2,(H2,25,26,27).